The minimum Gasteiger partial charge on any atom is -0.301 e. The molecule has 3 rings (SSSR count). The van der Waals surface area contributed by atoms with Gasteiger partial charge in [0, 0.05) is 24.4 Å². The molecule has 2 unspecified atom stereocenters. The molecule has 1 heterocycles. The summed E-state index contributed by atoms with van der Waals surface area (Å²) in [5.74, 6) is -3.71. The van der Waals surface area contributed by atoms with Crippen molar-refractivity contribution >= 4 is 45.6 Å². The van der Waals surface area contributed by atoms with Gasteiger partial charge in [-0.2, -0.15) is 0 Å². The quantitative estimate of drug-likeness (QED) is 0.663. The van der Waals surface area contributed by atoms with Crippen LogP contribution in [0.3, 0.4) is 0 Å². The number of hydrogen-bond donors (Lipinski definition) is 1. The summed E-state index contributed by atoms with van der Waals surface area (Å²) in [5, 5.41) is 5.71. The number of nitrogens with one attached hydrogen (secondary N) is 1. The number of carbonyl (C=O) groups is 1. The van der Waals surface area contributed by atoms with Crippen molar-refractivity contribution < 1.29 is 13.6 Å². The van der Waals surface area contributed by atoms with Crippen molar-refractivity contribution in [3.05, 3.63) is 45.4 Å². The Labute approximate surface area is 158 Å². The average Bonchev–Trinajstić information content (AvgIpc) is 3.17. The number of halogens is 4. The molecule has 25 heavy (non-hydrogen) atoms. The number of carbonyl (C=O) groups excluding carboxylic acids is 1. The summed E-state index contributed by atoms with van der Waals surface area (Å²) in [6.07, 6.45) is 2.03. The SMILES string of the molecule is O=C(Nc1nccs1)C(CC1CCC(F)(F)C1)c1ccc(Cl)c(Cl)c1. The number of hydrogen-bond acceptors (Lipinski definition) is 3. The highest BCUT2D eigenvalue weighted by molar-refractivity contribution is 7.13. The van der Waals surface area contributed by atoms with E-state index in [-0.39, 0.29) is 24.7 Å². The zero-order valence-electron chi connectivity index (χ0n) is 13.1. The molecule has 2 aromatic rings. The van der Waals surface area contributed by atoms with Crippen LogP contribution < -0.4 is 5.32 Å². The van der Waals surface area contributed by atoms with Gasteiger partial charge in [0.25, 0.3) is 0 Å². The van der Waals surface area contributed by atoms with Gasteiger partial charge in [-0.25, -0.2) is 13.8 Å². The Morgan fingerprint density at radius 2 is 2.20 bits per heavy atom. The smallest absolute Gasteiger partial charge is 0.248 e. The third-order valence-corrected chi connectivity index (χ3v) is 5.83. The van der Waals surface area contributed by atoms with E-state index in [0.717, 1.165) is 0 Å². The first-order valence-electron chi connectivity index (χ1n) is 7.87. The van der Waals surface area contributed by atoms with E-state index in [2.05, 4.69) is 10.3 Å². The summed E-state index contributed by atoms with van der Waals surface area (Å²) >= 11 is 13.3. The van der Waals surface area contributed by atoms with Crippen LogP contribution in [0.5, 0.6) is 0 Å². The van der Waals surface area contributed by atoms with Crippen molar-refractivity contribution in [2.24, 2.45) is 5.92 Å². The summed E-state index contributed by atoms with van der Waals surface area (Å²) in [6, 6.07) is 4.96. The predicted octanol–water partition coefficient (Wildman–Crippen LogP) is 6.00. The number of benzene rings is 1. The highest BCUT2D eigenvalue weighted by Gasteiger charge is 2.41. The summed E-state index contributed by atoms with van der Waals surface area (Å²) in [5.41, 5.74) is 0.665. The van der Waals surface area contributed by atoms with E-state index in [1.165, 1.54) is 11.3 Å². The van der Waals surface area contributed by atoms with Gasteiger partial charge in [0.05, 0.1) is 16.0 Å². The van der Waals surface area contributed by atoms with Gasteiger partial charge in [-0.1, -0.05) is 29.3 Å². The lowest BCUT2D eigenvalue weighted by atomic mass is 9.87. The zero-order chi connectivity index (χ0) is 18.0. The fourth-order valence-electron chi connectivity index (χ4n) is 3.18. The maximum atomic E-state index is 13.5. The number of anilines is 1. The van der Waals surface area contributed by atoms with Crippen molar-refractivity contribution in [3.63, 3.8) is 0 Å². The van der Waals surface area contributed by atoms with Crippen LogP contribution in [0.15, 0.2) is 29.8 Å². The van der Waals surface area contributed by atoms with Gasteiger partial charge in [-0.05, 0) is 36.5 Å². The first kappa shape index (κ1) is 18.5. The topological polar surface area (TPSA) is 42.0 Å². The fourth-order valence-corrected chi connectivity index (χ4v) is 4.02. The first-order chi connectivity index (χ1) is 11.8. The molecule has 1 aliphatic carbocycles. The minimum atomic E-state index is -2.64. The molecule has 1 aliphatic rings. The maximum absolute atomic E-state index is 13.5. The zero-order valence-corrected chi connectivity index (χ0v) is 15.5. The molecule has 1 aromatic heterocycles. The summed E-state index contributed by atoms with van der Waals surface area (Å²) in [7, 11) is 0. The molecule has 3 nitrogen and oxygen atoms in total. The van der Waals surface area contributed by atoms with Gasteiger partial charge < -0.3 is 5.32 Å². The van der Waals surface area contributed by atoms with Crippen LogP contribution in [0.2, 0.25) is 10.0 Å². The van der Waals surface area contributed by atoms with Gasteiger partial charge in [0.1, 0.15) is 0 Å². The largest absolute Gasteiger partial charge is 0.301 e. The van der Waals surface area contributed by atoms with Crippen LogP contribution in [-0.2, 0) is 4.79 Å². The molecule has 1 aromatic carbocycles. The second kappa shape index (κ2) is 7.56. The lowest BCUT2D eigenvalue weighted by Crippen LogP contribution is -2.23. The number of alkyl halides is 2. The molecule has 8 heteroatoms. The standard InChI is InChI=1S/C17H16Cl2F2N2OS/c18-13-2-1-11(8-14(13)19)12(7-10-3-4-17(20,21)9-10)15(24)23-16-22-5-6-25-16/h1-2,5-6,8,10,12H,3-4,7,9H2,(H,22,23,24). The maximum Gasteiger partial charge on any atom is 0.248 e. The van der Waals surface area contributed by atoms with Crippen molar-refractivity contribution in [3.8, 4) is 0 Å². The summed E-state index contributed by atoms with van der Waals surface area (Å²) in [6.45, 7) is 0. The number of amides is 1. The van der Waals surface area contributed by atoms with Crippen molar-refractivity contribution in [2.45, 2.75) is 37.5 Å². The summed E-state index contributed by atoms with van der Waals surface area (Å²) in [4.78, 5) is 16.8. The van der Waals surface area contributed by atoms with Gasteiger partial charge in [-0.3, -0.25) is 4.79 Å². The van der Waals surface area contributed by atoms with Crippen molar-refractivity contribution in [1.29, 1.82) is 0 Å². The molecule has 1 fully saturated rings. The fraction of sp³-hybridized carbons (Fsp3) is 0.412. The van der Waals surface area contributed by atoms with Crippen LogP contribution in [0, 0.1) is 5.92 Å². The van der Waals surface area contributed by atoms with E-state index in [1.54, 1.807) is 29.8 Å². The lowest BCUT2D eigenvalue weighted by Gasteiger charge is -2.20. The first-order valence-corrected chi connectivity index (χ1v) is 9.51. The van der Waals surface area contributed by atoms with Crippen LogP contribution in [0.1, 0.15) is 37.2 Å². The van der Waals surface area contributed by atoms with Crippen LogP contribution in [0.4, 0.5) is 13.9 Å². The molecule has 0 bridgehead atoms. The molecule has 1 amide bonds. The number of aromatic nitrogens is 1. The highest BCUT2D eigenvalue weighted by Crippen LogP contribution is 2.43. The average molecular weight is 405 g/mol. The lowest BCUT2D eigenvalue weighted by molar-refractivity contribution is -0.118. The van der Waals surface area contributed by atoms with E-state index >= 15 is 0 Å². The van der Waals surface area contributed by atoms with Gasteiger partial charge in [-0.15, -0.1) is 11.3 Å². The molecule has 1 N–H and O–H groups in total. The molecule has 0 saturated heterocycles. The van der Waals surface area contributed by atoms with E-state index < -0.39 is 11.8 Å². The van der Waals surface area contributed by atoms with E-state index in [4.69, 9.17) is 23.2 Å². The molecular weight excluding hydrogens is 389 g/mol. The van der Waals surface area contributed by atoms with Gasteiger partial charge >= 0.3 is 0 Å². The van der Waals surface area contributed by atoms with Crippen molar-refractivity contribution in [1.82, 2.24) is 4.98 Å². The molecule has 0 radical (unpaired) electrons. The molecular formula is C17H16Cl2F2N2OS. The number of nitrogens with zero attached hydrogens (tertiary/aromatic N) is 1. The molecule has 0 aliphatic heterocycles. The minimum absolute atomic E-state index is 0.125. The van der Waals surface area contributed by atoms with Gasteiger partial charge in [0.2, 0.25) is 11.8 Å². The molecule has 2 atom stereocenters. The number of thiazole rings is 1. The predicted molar refractivity (Wildman–Crippen MR) is 96.9 cm³/mol. The Kier molecular flexibility index (Phi) is 5.61. The molecule has 1 saturated carbocycles. The number of rotatable bonds is 5. The summed E-state index contributed by atoms with van der Waals surface area (Å²) < 4.78 is 27.0. The Bertz CT molecular complexity index is 755. The van der Waals surface area contributed by atoms with Gasteiger partial charge in [0.15, 0.2) is 5.13 Å². The Balaban J connectivity index is 1.82. The Hall–Kier alpha value is -1.24. The monoisotopic (exact) mass is 404 g/mol. The molecule has 134 valence electrons. The van der Waals surface area contributed by atoms with E-state index in [1.807, 2.05) is 0 Å². The third kappa shape index (κ3) is 4.68. The Morgan fingerprint density at radius 3 is 2.80 bits per heavy atom. The van der Waals surface area contributed by atoms with Crippen LogP contribution >= 0.6 is 34.5 Å². The Morgan fingerprint density at radius 1 is 1.40 bits per heavy atom. The van der Waals surface area contributed by atoms with E-state index in [0.29, 0.717) is 33.6 Å². The van der Waals surface area contributed by atoms with Crippen molar-refractivity contribution in [2.75, 3.05) is 5.32 Å². The second-order valence-electron chi connectivity index (χ2n) is 6.25. The third-order valence-electron chi connectivity index (χ3n) is 4.40. The molecule has 0 spiro atoms. The second-order valence-corrected chi connectivity index (χ2v) is 7.96. The normalized spacial score (nSPS) is 20.4. The van der Waals surface area contributed by atoms with E-state index in [9.17, 15) is 13.6 Å². The van der Waals surface area contributed by atoms with Crippen LogP contribution in [-0.4, -0.2) is 16.8 Å². The van der Waals surface area contributed by atoms with Crippen LogP contribution in [0.25, 0.3) is 0 Å². The highest BCUT2D eigenvalue weighted by atomic mass is 35.5.